The van der Waals surface area contributed by atoms with E-state index >= 15 is 0 Å². The Balaban J connectivity index is 1.82. The van der Waals surface area contributed by atoms with Crippen LogP contribution < -0.4 is 5.32 Å². The van der Waals surface area contributed by atoms with Gasteiger partial charge in [0.05, 0.1) is 19.1 Å². The molecule has 122 valence electrons. The van der Waals surface area contributed by atoms with Crippen LogP contribution in [-0.2, 0) is 16.0 Å². The molecule has 1 aliphatic heterocycles. The van der Waals surface area contributed by atoms with Gasteiger partial charge in [0.1, 0.15) is 0 Å². The predicted molar refractivity (Wildman–Crippen MR) is 86.8 cm³/mol. The molecule has 1 heterocycles. The summed E-state index contributed by atoms with van der Waals surface area (Å²) in [5.74, 6) is 0.910. The Bertz CT molecular complexity index is 464. The lowest BCUT2D eigenvalue weighted by Gasteiger charge is -2.19. The van der Waals surface area contributed by atoms with E-state index in [0.29, 0.717) is 18.3 Å². The maximum absolute atomic E-state index is 12.1. The van der Waals surface area contributed by atoms with Gasteiger partial charge in [-0.15, -0.1) is 0 Å². The molecule has 4 nitrogen and oxygen atoms in total. The van der Waals surface area contributed by atoms with E-state index in [4.69, 9.17) is 4.74 Å². The van der Waals surface area contributed by atoms with Crippen LogP contribution in [0.15, 0.2) is 24.3 Å². The summed E-state index contributed by atoms with van der Waals surface area (Å²) in [5, 5.41) is 12.4. The van der Waals surface area contributed by atoms with Gasteiger partial charge in [-0.2, -0.15) is 0 Å². The molecule has 1 aliphatic rings. The first-order chi connectivity index (χ1) is 10.6. The van der Waals surface area contributed by atoms with Crippen molar-refractivity contribution in [1.29, 1.82) is 0 Å². The molecule has 0 bridgehead atoms. The minimum atomic E-state index is -0.172. The van der Waals surface area contributed by atoms with Crippen LogP contribution in [0.4, 0.5) is 0 Å². The van der Waals surface area contributed by atoms with Crippen molar-refractivity contribution in [3.8, 4) is 0 Å². The number of hydrogen-bond donors (Lipinski definition) is 2. The molecule has 1 aromatic carbocycles. The van der Waals surface area contributed by atoms with Crippen molar-refractivity contribution in [3.63, 3.8) is 0 Å². The van der Waals surface area contributed by atoms with Crippen molar-refractivity contribution in [1.82, 2.24) is 5.32 Å². The van der Waals surface area contributed by atoms with Gasteiger partial charge in [0, 0.05) is 13.2 Å². The molecule has 2 N–H and O–H groups in total. The number of amides is 1. The SMILES string of the molecule is CC(C)c1ccc(CC(=O)NC(CO)CC2CCOC2)cc1. The lowest BCUT2D eigenvalue weighted by atomic mass is 9.99. The summed E-state index contributed by atoms with van der Waals surface area (Å²) < 4.78 is 5.34. The van der Waals surface area contributed by atoms with E-state index < -0.39 is 0 Å². The van der Waals surface area contributed by atoms with Gasteiger partial charge >= 0.3 is 0 Å². The van der Waals surface area contributed by atoms with E-state index in [0.717, 1.165) is 31.6 Å². The van der Waals surface area contributed by atoms with E-state index in [1.54, 1.807) is 0 Å². The Morgan fingerprint density at radius 3 is 2.64 bits per heavy atom. The summed E-state index contributed by atoms with van der Waals surface area (Å²) in [5.41, 5.74) is 2.28. The average Bonchev–Trinajstić information content (AvgIpc) is 3.00. The summed E-state index contributed by atoms with van der Waals surface area (Å²) in [4.78, 5) is 12.1. The Morgan fingerprint density at radius 2 is 2.09 bits per heavy atom. The van der Waals surface area contributed by atoms with Crippen molar-refractivity contribution in [2.24, 2.45) is 5.92 Å². The third kappa shape index (κ3) is 5.11. The molecule has 22 heavy (non-hydrogen) atoms. The minimum absolute atomic E-state index is 0.0193. The van der Waals surface area contributed by atoms with Gasteiger partial charge in [-0.3, -0.25) is 4.79 Å². The smallest absolute Gasteiger partial charge is 0.224 e. The molecule has 0 saturated carbocycles. The van der Waals surface area contributed by atoms with Crippen molar-refractivity contribution in [3.05, 3.63) is 35.4 Å². The summed E-state index contributed by atoms with van der Waals surface area (Å²) in [7, 11) is 0. The van der Waals surface area contributed by atoms with Gasteiger partial charge < -0.3 is 15.2 Å². The molecule has 1 fully saturated rings. The molecule has 0 aromatic heterocycles. The predicted octanol–water partition coefficient (Wildman–Crippen LogP) is 2.26. The minimum Gasteiger partial charge on any atom is -0.394 e. The number of aliphatic hydroxyl groups excluding tert-OH is 1. The Hall–Kier alpha value is -1.39. The molecule has 1 saturated heterocycles. The van der Waals surface area contributed by atoms with Crippen molar-refractivity contribution in [2.75, 3.05) is 19.8 Å². The van der Waals surface area contributed by atoms with Crippen molar-refractivity contribution in [2.45, 2.75) is 45.1 Å². The second-order valence-electron chi connectivity index (χ2n) is 6.49. The van der Waals surface area contributed by atoms with Crippen LogP contribution in [0.2, 0.25) is 0 Å². The van der Waals surface area contributed by atoms with Crippen LogP contribution in [0.25, 0.3) is 0 Å². The maximum Gasteiger partial charge on any atom is 0.224 e. The van der Waals surface area contributed by atoms with Crippen LogP contribution in [0.5, 0.6) is 0 Å². The highest BCUT2D eigenvalue weighted by atomic mass is 16.5. The topological polar surface area (TPSA) is 58.6 Å². The van der Waals surface area contributed by atoms with Gasteiger partial charge in [0.2, 0.25) is 5.91 Å². The first kappa shape index (κ1) is 17.0. The second kappa shape index (κ2) is 8.30. The molecule has 2 atom stereocenters. The quantitative estimate of drug-likeness (QED) is 0.812. The molecule has 0 spiro atoms. The number of ether oxygens (including phenoxy) is 1. The Morgan fingerprint density at radius 1 is 1.36 bits per heavy atom. The molecule has 1 amide bonds. The number of rotatable bonds is 7. The lowest BCUT2D eigenvalue weighted by molar-refractivity contribution is -0.121. The summed E-state index contributed by atoms with van der Waals surface area (Å²) in [6.45, 7) is 5.82. The number of benzene rings is 1. The molecule has 4 heteroatoms. The molecular formula is C18H27NO3. The molecule has 2 unspecified atom stereocenters. The van der Waals surface area contributed by atoms with Gasteiger partial charge in [-0.1, -0.05) is 38.1 Å². The molecular weight excluding hydrogens is 278 g/mol. The van der Waals surface area contributed by atoms with Crippen LogP contribution in [-0.4, -0.2) is 36.9 Å². The van der Waals surface area contributed by atoms with Crippen molar-refractivity contribution >= 4 is 5.91 Å². The van der Waals surface area contributed by atoms with Gasteiger partial charge in [-0.05, 0) is 35.8 Å². The molecule has 1 aromatic rings. The third-order valence-corrected chi connectivity index (χ3v) is 4.24. The number of hydrogen-bond acceptors (Lipinski definition) is 3. The normalized spacial score (nSPS) is 19.4. The number of aliphatic hydroxyl groups is 1. The number of nitrogens with one attached hydrogen (secondary N) is 1. The van der Waals surface area contributed by atoms with Gasteiger partial charge in [0.15, 0.2) is 0 Å². The monoisotopic (exact) mass is 305 g/mol. The fourth-order valence-corrected chi connectivity index (χ4v) is 2.84. The summed E-state index contributed by atoms with van der Waals surface area (Å²) in [6.07, 6.45) is 2.16. The van der Waals surface area contributed by atoms with Gasteiger partial charge in [-0.25, -0.2) is 0 Å². The lowest BCUT2D eigenvalue weighted by Crippen LogP contribution is -2.39. The summed E-state index contributed by atoms with van der Waals surface area (Å²) >= 11 is 0. The second-order valence-corrected chi connectivity index (χ2v) is 6.49. The molecule has 2 rings (SSSR count). The van der Waals surface area contributed by atoms with E-state index in [-0.39, 0.29) is 18.6 Å². The highest BCUT2D eigenvalue weighted by Crippen LogP contribution is 2.18. The van der Waals surface area contributed by atoms with Crippen LogP contribution in [0.1, 0.15) is 43.7 Å². The van der Waals surface area contributed by atoms with E-state index in [9.17, 15) is 9.90 Å². The van der Waals surface area contributed by atoms with Crippen LogP contribution in [0.3, 0.4) is 0 Å². The average molecular weight is 305 g/mol. The Kier molecular flexibility index (Phi) is 6.40. The van der Waals surface area contributed by atoms with Crippen LogP contribution in [0, 0.1) is 5.92 Å². The molecule has 0 aliphatic carbocycles. The zero-order valence-electron chi connectivity index (χ0n) is 13.5. The highest BCUT2D eigenvalue weighted by Gasteiger charge is 2.21. The number of carbonyl (C=O) groups is 1. The van der Waals surface area contributed by atoms with Gasteiger partial charge in [0.25, 0.3) is 0 Å². The third-order valence-electron chi connectivity index (χ3n) is 4.24. The standard InChI is InChI=1S/C18H27NO3/c1-13(2)16-5-3-14(4-6-16)10-18(21)19-17(11-20)9-15-7-8-22-12-15/h3-6,13,15,17,20H,7-12H2,1-2H3,(H,19,21). The molecule has 0 radical (unpaired) electrons. The zero-order chi connectivity index (χ0) is 15.9. The summed E-state index contributed by atoms with van der Waals surface area (Å²) in [6, 6.07) is 8.00. The zero-order valence-corrected chi connectivity index (χ0v) is 13.5. The maximum atomic E-state index is 12.1. The number of carbonyl (C=O) groups excluding carboxylic acids is 1. The first-order valence-electron chi connectivity index (χ1n) is 8.15. The first-order valence-corrected chi connectivity index (χ1v) is 8.15. The van der Waals surface area contributed by atoms with E-state index in [1.807, 2.05) is 12.1 Å². The fourth-order valence-electron chi connectivity index (χ4n) is 2.84. The van der Waals surface area contributed by atoms with Crippen molar-refractivity contribution < 1.29 is 14.6 Å². The fraction of sp³-hybridized carbons (Fsp3) is 0.611. The highest BCUT2D eigenvalue weighted by molar-refractivity contribution is 5.78. The van der Waals surface area contributed by atoms with E-state index in [2.05, 4.69) is 31.3 Å². The van der Waals surface area contributed by atoms with Crippen LogP contribution >= 0.6 is 0 Å². The Labute approximate surface area is 132 Å². The van der Waals surface area contributed by atoms with E-state index in [1.165, 1.54) is 5.56 Å². The largest absolute Gasteiger partial charge is 0.394 e.